The lowest BCUT2D eigenvalue weighted by molar-refractivity contribution is -0.440. The van der Waals surface area contributed by atoms with Crippen LogP contribution in [0.3, 0.4) is 0 Å². The van der Waals surface area contributed by atoms with Crippen LogP contribution in [-0.2, 0) is 0 Å². The van der Waals surface area contributed by atoms with Crippen LogP contribution in [0.5, 0.6) is 0 Å². The molecule has 0 saturated carbocycles. The molecule has 0 N–H and O–H groups in total. The summed E-state index contributed by atoms with van der Waals surface area (Å²) in [6.07, 6.45) is 4.54. The number of para-hydroxylation sites is 2. The maximum Gasteiger partial charge on any atom is 0.266 e. The van der Waals surface area contributed by atoms with Crippen molar-refractivity contribution in [3.8, 4) is 0 Å². The molecule has 0 saturated heterocycles. The van der Waals surface area contributed by atoms with Gasteiger partial charge in [-0.25, -0.2) is 9.15 Å². The summed E-state index contributed by atoms with van der Waals surface area (Å²) < 4.78 is 4.62. The lowest BCUT2D eigenvalue weighted by Gasteiger charge is -2.22. The summed E-state index contributed by atoms with van der Waals surface area (Å²) in [4.78, 5) is 10.0. The first-order chi connectivity index (χ1) is 19.2. The highest BCUT2D eigenvalue weighted by atomic mass is 15.3. The van der Waals surface area contributed by atoms with Gasteiger partial charge in [0.05, 0.1) is 13.1 Å². The molecule has 0 aliphatic carbocycles. The summed E-state index contributed by atoms with van der Waals surface area (Å²) in [7, 11) is 0. The van der Waals surface area contributed by atoms with Gasteiger partial charge in [-0.05, 0) is 52.0 Å². The van der Waals surface area contributed by atoms with Gasteiger partial charge < -0.3 is 0 Å². The lowest BCUT2D eigenvalue weighted by atomic mass is 9.92. The van der Waals surface area contributed by atoms with Crippen LogP contribution >= 0.6 is 0 Å². The number of rotatable bonds is 8. The third-order valence-electron chi connectivity index (χ3n) is 8.29. The van der Waals surface area contributed by atoms with Crippen molar-refractivity contribution in [2.45, 2.75) is 79.1 Å². The van der Waals surface area contributed by atoms with Crippen LogP contribution in [0.1, 0.15) is 101 Å². The maximum atomic E-state index is 5.16. The van der Waals surface area contributed by atoms with Gasteiger partial charge >= 0.3 is 0 Å². The number of anilines is 2. The summed E-state index contributed by atoms with van der Waals surface area (Å²) in [6.45, 7) is 22.1. The van der Waals surface area contributed by atoms with Gasteiger partial charge in [0, 0.05) is 12.1 Å². The lowest BCUT2D eigenvalue weighted by Crippen LogP contribution is -2.22. The van der Waals surface area contributed by atoms with Crippen molar-refractivity contribution < 1.29 is 9.15 Å². The monoisotopic (exact) mass is 537 g/mol. The van der Waals surface area contributed by atoms with Crippen molar-refractivity contribution in [1.82, 2.24) is 4.98 Å². The van der Waals surface area contributed by atoms with Crippen LogP contribution in [-0.4, -0.2) is 53.0 Å². The van der Waals surface area contributed by atoms with E-state index in [1.54, 1.807) is 0 Å². The quantitative estimate of drug-likeness (QED) is 0.273. The molecule has 0 spiro atoms. The highest BCUT2D eigenvalue weighted by Gasteiger charge is 2.30. The Labute approximate surface area is 241 Å². The van der Waals surface area contributed by atoms with E-state index in [1.807, 2.05) is 0 Å². The van der Waals surface area contributed by atoms with E-state index in [0.717, 1.165) is 37.8 Å². The van der Waals surface area contributed by atoms with Crippen LogP contribution in [0.25, 0.3) is 0 Å². The molecule has 1 aromatic heterocycles. The fourth-order valence-electron chi connectivity index (χ4n) is 6.10. The van der Waals surface area contributed by atoms with Crippen molar-refractivity contribution >= 4 is 35.7 Å². The van der Waals surface area contributed by atoms with Crippen molar-refractivity contribution in [2.24, 2.45) is 0 Å². The van der Waals surface area contributed by atoms with Crippen LogP contribution in [0.4, 0.5) is 23.0 Å². The average molecular weight is 538 g/mol. The van der Waals surface area contributed by atoms with E-state index in [1.165, 1.54) is 33.6 Å². The van der Waals surface area contributed by atoms with Crippen LogP contribution in [0, 0.1) is 0 Å². The number of hydrogen-bond donors (Lipinski definition) is 0. The summed E-state index contributed by atoms with van der Waals surface area (Å²) in [5, 5.41) is 0. The molecule has 0 amide bonds. The van der Waals surface area contributed by atoms with E-state index < -0.39 is 0 Å². The Hall–Kier alpha value is -3.47. The van der Waals surface area contributed by atoms with Crippen molar-refractivity contribution in [2.75, 3.05) is 36.0 Å². The van der Waals surface area contributed by atoms with Gasteiger partial charge in [0.25, 0.3) is 11.6 Å². The largest absolute Gasteiger partial charge is 0.266 e. The topological polar surface area (TPSA) is 25.4 Å². The van der Waals surface area contributed by atoms with Gasteiger partial charge in [0.2, 0.25) is 0 Å². The molecule has 2 aliphatic rings. The number of nitrogens with zero attached hydrogens (tertiary/aromatic N) is 5. The van der Waals surface area contributed by atoms with Crippen LogP contribution in [0.2, 0.25) is 0 Å². The minimum atomic E-state index is 0.475. The molecule has 0 atom stereocenters. The Morgan fingerprint density at radius 2 is 0.850 bits per heavy atom. The number of hydrogen-bond acceptors (Lipinski definition) is 3. The summed E-state index contributed by atoms with van der Waals surface area (Å²) in [5.74, 6) is 3.91. The van der Waals surface area contributed by atoms with Gasteiger partial charge in [0.15, 0.2) is 12.7 Å². The molecule has 0 radical (unpaired) electrons. The third kappa shape index (κ3) is 5.43. The van der Waals surface area contributed by atoms with Crippen LogP contribution in [0.15, 0.2) is 54.6 Å². The van der Waals surface area contributed by atoms with Crippen molar-refractivity contribution in [3.05, 3.63) is 76.9 Å². The Kier molecular flexibility index (Phi) is 8.11. The Morgan fingerprint density at radius 3 is 1.18 bits per heavy atom. The van der Waals surface area contributed by atoms with E-state index in [2.05, 4.69) is 142 Å². The molecule has 0 bridgehead atoms. The van der Waals surface area contributed by atoms with E-state index in [4.69, 9.17) is 4.98 Å². The van der Waals surface area contributed by atoms with Crippen LogP contribution < -0.4 is 9.80 Å². The third-order valence-corrected chi connectivity index (χ3v) is 8.29. The summed E-state index contributed by atoms with van der Waals surface area (Å²) in [5.41, 5.74) is 8.42. The molecule has 5 nitrogen and oxygen atoms in total. The van der Waals surface area contributed by atoms with Gasteiger partial charge in [-0.2, -0.15) is 0 Å². The van der Waals surface area contributed by atoms with Gasteiger partial charge in [-0.1, -0.05) is 96.8 Å². The average Bonchev–Trinajstić information content (AvgIpc) is 3.63. The molecule has 0 unspecified atom stereocenters. The Bertz CT molecular complexity index is 1270. The van der Waals surface area contributed by atoms with Crippen molar-refractivity contribution in [1.29, 1.82) is 0 Å². The molecule has 5 rings (SSSR count). The SMILES string of the molecule is CC(C)c1cccc(C(C)C)c1N1C=[N+](c2cccc([N+]3=CN(c4c(C(C)C)cccc4C(C)C)CC3)n2)CC1. The molecule has 3 heterocycles. The highest BCUT2D eigenvalue weighted by Crippen LogP contribution is 2.37. The highest BCUT2D eigenvalue weighted by molar-refractivity contribution is 5.83. The first-order valence-corrected chi connectivity index (χ1v) is 15.1. The second-order valence-electron chi connectivity index (χ2n) is 12.5. The number of benzene rings is 2. The molecular formula is C35H47N5+2. The normalized spacial score (nSPS) is 15.7. The second kappa shape index (κ2) is 11.6. The van der Waals surface area contributed by atoms with Gasteiger partial charge in [0.1, 0.15) is 24.5 Å². The molecule has 2 aromatic carbocycles. The van der Waals surface area contributed by atoms with Gasteiger partial charge in [-0.15, -0.1) is 0 Å². The Morgan fingerprint density at radius 1 is 0.525 bits per heavy atom. The first kappa shape index (κ1) is 28.1. The molecule has 0 fully saturated rings. The summed E-state index contributed by atoms with van der Waals surface area (Å²) in [6, 6.07) is 20.0. The maximum absolute atomic E-state index is 5.16. The zero-order valence-corrected chi connectivity index (χ0v) is 25.7. The first-order valence-electron chi connectivity index (χ1n) is 15.1. The molecule has 2 aliphatic heterocycles. The minimum absolute atomic E-state index is 0.475. The minimum Gasteiger partial charge on any atom is -0.262 e. The van der Waals surface area contributed by atoms with Crippen molar-refractivity contribution in [3.63, 3.8) is 0 Å². The zero-order chi connectivity index (χ0) is 28.6. The standard InChI is InChI=1S/C35H47N5/c1-24(2)28-12-9-13-29(25(3)4)34(28)39-20-18-37(22-39)32-16-11-17-33(36-32)38-19-21-40(23-38)35-30(26(5)6)14-10-15-31(35)27(7)8/h9-17,22-27H,18-21H2,1-8H3/q+2. The fourth-order valence-corrected chi connectivity index (χ4v) is 6.10. The molecule has 5 heteroatoms. The van der Waals surface area contributed by atoms with E-state index >= 15 is 0 Å². The predicted octanol–water partition coefficient (Wildman–Crippen LogP) is 7.96. The summed E-state index contributed by atoms with van der Waals surface area (Å²) >= 11 is 0. The molecular weight excluding hydrogens is 490 g/mol. The number of aromatic nitrogens is 1. The smallest absolute Gasteiger partial charge is 0.262 e. The fraction of sp³-hybridized carbons (Fsp3) is 0.457. The van der Waals surface area contributed by atoms with E-state index in [9.17, 15) is 0 Å². The Balaban J connectivity index is 1.46. The van der Waals surface area contributed by atoms with E-state index in [0.29, 0.717) is 23.7 Å². The zero-order valence-electron chi connectivity index (χ0n) is 25.7. The van der Waals surface area contributed by atoms with Gasteiger partial charge in [-0.3, -0.25) is 9.80 Å². The molecule has 40 heavy (non-hydrogen) atoms. The second-order valence-corrected chi connectivity index (χ2v) is 12.5. The van der Waals surface area contributed by atoms with E-state index in [-0.39, 0.29) is 0 Å². The predicted molar refractivity (Wildman–Crippen MR) is 170 cm³/mol. The molecule has 210 valence electrons. The molecule has 3 aromatic rings. The number of pyridine rings is 1.